The van der Waals surface area contributed by atoms with Crippen LogP contribution in [0.15, 0.2) is 24.3 Å². The lowest BCUT2D eigenvalue weighted by atomic mass is 9.76. The first-order valence-corrected chi connectivity index (χ1v) is 7.20. The summed E-state index contributed by atoms with van der Waals surface area (Å²) >= 11 is 0. The number of hydrogen-bond donors (Lipinski definition) is 0. The van der Waals surface area contributed by atoms with Gasteiger partial charge in [0.15, 0.2) is 0 Å². The van der Waals surface area contributed by atoms with E-state index in [4.69, 9.17) is 5.26 Å². The Hall–Kier alpha value is -1.33. The van der Waals surface area contributed by atoms with Crippen molar-refractivity contribution in [3.8, 4) is 6.07 Å². The molecule has 0 amide bonds. The number of hydrogen-bond acceptors (Lipinski definition) is 2. The van der Waals surface area contributed by atoms with Crippen molar-refractivity contribution in [3.05, 3.63) is 35.4 Å². The fraction of sp³-hybridized carbons (Fsp3) is 0.588. The van der Waals surface area contributed by atoms with E-state index in [-0.39, 0.29) is 0 Å². The molecule has 2 nitrogen and oxygen atoms in total. The number of rotatable bonds is 2. The van der Waals surface area contributed by atoms with E-state index in [1.807, 2.05) is 18.2 Å². The van der Waals surface area contributed by atoms with Crippen molar-refractivity contribution >= 4 is 0 Å². The maximum Gasteiger partial charge on any atom is 0.0991 e. The Morgan fingerprint density at radius 3 is 2.84 bits per heavy atom. The quantitative estimate of drug-likeness (QED) is 0.804. The Morgan fingerprint density at radius 1 is 1.37 bits per heavy atom. The van der Waals surface area contributed by atoms with Gasteiger partial charge in [0.2, 0.25) is 0 Å². The molecule has 19 heavy (non-hydrogen) atoms. The molecule has 0 spiro atoms. The second kappa shape index (κ2) is 5.75. The van der Waals surface area contributed by atoms with Crippen LogP contribution in [0.4, 0.5) is 0 Å². The van der Waals surface area contributed by atoms with Crippen LogP contribution in [0.1, 0.15) is 44.7 Å². The van der Waals surface area contributed by atoms with E-state index in [1.165, 1.54) is 31.5 Å². The molecule has 2 rings (SSSR count). The summed E-state index contributed by atoms with van der Waals surface area (Å²) in [7, 11) is 0. The second-order valence-corrected chi connectivity index (χ2v) is 6.75. The molecule has 0 N–H and O–H groups in total. The molecule has 1 aromatic carbocycles. The van der Waals surface area contributed by atoms with Gasteiger partial charge < -0.3 is 0 Å². The van der Waals surface area contributed by atoms with Crippen molar-refractivity contribution in [2.24, 2.45) is 11.3 Å². The van der Waals surface area contributed by atoms with Crippen molar-refractivity contribution in [3.63, 3.8) is 0 Å². The van der Waals surface area contributed by atoms with Crippen LogP contribution in [0.3, 0.4) is 0 Å². The average molecular weight is 256 g/mol. The molecule has 0 bridgehead atoms. The highest BCUT2D eigenvalue weighted by Crippen LogP contribution is 2.33. The zero-order valence-corrected chi connectivity index (χ0v) is 12.3. The minimum absolute atomic E-state index is 0.396. The minimum atomic E-state index is 0.396. The molecule has 102 valence electrons. The molecule has 1 atom stereocenters. The third-order valence-corrected chi connectivity index (χ3v) is 4.19. The largest absolute Gasteiger partial charge is 0.299 e. The van der Waals surface area contributed by atoms with Gasteiger partial charge >= 0.3 is 0 Å². The molecular formula is C17H24N2. The van der Waals surface area contributed by atoms with Crippen molar-refractivity contribution < 1.29 is 0 Å². The van der Waals surface area contributed by atoms with Gasteiger partial charge in [-0.1, -0.05) is 32.9 Å². The standard InChI is InChI=1S/C17H24N2/c1-17(2,3)16-8-5-9-19(13-16)12-15-7-4-6-14(10-15)11-18/h4,6-7,10,16H,5,8-9,12-13H2,1-3H3. The Balaban J connectivity index is 2.01. The first kappa shape index (κ1) is 14.1. The molecule has 1 heterocycles. The topological polar surface area (TPSA) is 27.0 Å². The van der Waals surface area contributed by atoms with Crippen LogP contribution in [-0.4, -0.2) is 18.0 Å². The molecule has 1 aliphatic rings. The van der Waals surface area contributed by atoms with Gasteiger partial charge in [-0.05, 0) is 48.4 Å². The van der Waals surface area contributed by atoms with Crippen LogP contribution in [0.2, 0.25) is 0 Å². The summed E-state index contributed by atoms with van der Waals surface area (Å²) in [5.41, 5.74) is 2.42. The molecule has 0 aromatic heterocycles. The summed E-state index contributed by atoms with van der Waals surface area (Å²) < 4.78 is 0. The molecule has 0 saturated carbocycles. The van der Waals surface area contributed by atoms with Crippen LogP contribution in [-0.2, 0) is 6.54 Å². The zero-order chi connectivity index (χ0) is 13.9. The van der Waals surface area contributed by atoms with Crippen molar-refractivity contribution in [2.45, 2.75) is 40.2 Å². The van der Waals surface area contributed by atoms with Crippen LogP contribution >= 0.6 is 0 Å². The number of piperidine rings is 1. The Bertz CT molecular complexity index is 465. The molecule has 1 aromatic rings. The number of benzene rings is 1. The molecule has 2 heteroatoms. The summed E-state index contributed by atoms with van der Waals surface area (Å²) in [6.45, 7) is 10.4. The average Bonchev–Trinajstić information content (AvgIpc) is 2.38. The normalized spacial score (nSPS) is 21.1. The maximum atomic E-state index is 8.95. The monoisotopic (exact) mass is 256 g/mol. The number of likely N-dealkylation sites (tertiary alicyclic amines) is 1. The van der Waals surface area contributed by atoms with Crippen molar-refractivity contribution in [2.75, 3.05) is 13.1 Å². The highest BCUT2D eigenvalue weighted by atomic mass is 15.1. The predicted octanol–water partition coefficient (Wildman–Crippen LogP) is 3.82. The Labute approximate surface area is 117 Å². The lowest BCUT2D eigenvalue weighted by Gasteiger charge is -2.39. The number of nitriles is 1. The first-order chi connectivity index (χ1) is 8.99. The van der Waals surface area contributed by atoms with Crippen LogP contribution < -0.4 is 0 Å². The van der Waals surface area contributed by atoms with Crippen LogP contribution in [0.25, 0.3) is 0 Å². The third-order valence-electron chi connectivity index (χ3n) is 4.19. The molecule has 0 aliphatic carbocycles. The first-order valence-electron chi connectivity index (χ1n) is 7.20. The highest BCUT2D eigenvalue weighted by Gasteiger charge is 2.29. The van der Waals surface area contributed by atoms with Gasteiger partial charge in [-0.3, -0.25) is 4.90 Å². The summed E-state index contributed by atoms with van der Waals surface area (Å²) in [6.07, 6.45) is 2.64. The minimum Gasteiger partial charge on any atom is -0.299 e. The van der Waals surface area contributed by atoms with E-state index in [1.54, 1.807) is 0 Å². The molecule has 1 unspecified atom stereocenters. The lowest BCUT2D eigenvalue weighted by molar-refractivity contribution is 0.0943. The van der Waals surface area contributed by atoms with E-state index in [9.17, 15) is 0 Å². The van der Waals surface area contributed by atoms with Crippen LogP contribution in [0, 0.1) is 22.7 Å². The molecular weight excluding hydrogens is 232 g/mol. The molecule has 1 fully saturated rings. The lowest BCUT2D eigenvalue weighted by Crippen LogP contribution is -2.40. The second-order valence-electron chi connectivity index (χ2n) is 6.75. The molecule has 1 aliphatic heterocycles. The summed E-state index contributed by atoms with van der Waals surface area (Å²) in [5, 5.41) is 8.95. The smallest absolute Gasteiger partial charge is 0.0991 e. The van der Waals surface area contributed by atoms with Gasteiger partial charge in [-0.15, -0.1) is 0 Å². The SMILES string of the molecule is CC(C)(C)C1CCCN(Cc2cccc(C#N)c2)C1. The summed E-state index contributed by atoms with van der Waals surface area (Å²) in [4.78, 5) is 2.54. The van der Waals surface area contributed by atoms with Gasteiger partial charge in [-0.2, -0.15) is 5.26 Å². The third kappa shape index (κ3) is 3.81. The maximum absolute atomic E-state index is 8.95. The van der Waals surface area contributed by atoms with E-state index in [0.29, 0.717) is 5.41 Å². The molecule has 1 saturated heterocycles. The van der Waals surface area contributed by atoms with Gasteiger partial charge in [0.05, 0.1) is 11.6 Å². The summed E-state index contributed by atoms with van der Waals surface area (Å²) in [5.74, 6) is 0.778. The number of nitrogens with zero attached hydrogens (tertiary/aromatic N) is 2. The predicted molar refractivity (Wildman–Crippen MR) is 78.6 cm³/mol. The summed E-state index contributed by atoms with van der Waals surface area (Å²) in [6, 6.07) is 10.2. The van der Waals surface area contributed by atoms with E-state index < -0.39 is 0 Å². The van der Waals surface area contributed by atoms with Gasteiger partial charge in [0.25, 0.3) is 0 Å². The van der Waals surface area contributed by atoms with Gasteiger partial charge in [0.1, 0.15) is 0 Å². The van der Waals surface area contributed by atoms with Crippen molar-refractivity contribution in [1.82, 2.24) is 4.90 Å². The fourth-order valence-electron chi connectivity index (χ4n) is 2.90. The Kier molecular flexibility index (Phi) is 4.27. The van der Waals surface area contributed by atoms with E-state index >= 15 is 0 Å². The molecule has 0 radical (unpaired) electrons. The van der Waals surface area contributed by atoms with E-state index in [0.717, 1.165) is 18.0 Å². The fourth-order valence-corrected chi connectivity index (χ4v) is 2.90. The highest BCUT2D eigenvalue weighted by molar-refractivity contribution is 5.32. The van der Waals surface area contributed by atoms with Gasteiger partial charge in [-0.25, -0.2) is 0 Å². The van der Waals surface area contributed by atoms with Gasteiger partial charge in [0, 0.05) is 13.1 Å². The van der Waals surface area contributed by atoms with E-state index in [2.05, 4.69) is 37.8 Å². The Morgan fingerprint density at radius 2 is 2.16 bits per heavy atom. The zero-order valence-electron chi connectivity index (χ0n) is 12.3. The van der Waals surface area contributed by atoms with Crippen molar-refractivity contribution in [1.29, 1.82) is 5.26 Å². The van der Waals surface area contributed by atoms with Crippen LogP contribution in [0.5, 0.6) is 0 Å².